The van der Waals surface area contributed by atoms with Crippen LogP contribution in [0.1, 0.15) is 5.56 Å². The molecule has 0 bridgehead atoms. The van der Waals surface area contributed by atoms with Crippen molar-refractivity contribution < 1.29 is 9.53 Å². The van der Waals surface area contributed by atoms with Crippen LogP contribution in [-0.4, -0.2) is 19.7 Å². The number of carbonyl (C=O) groups is 1. The van der Waals surface area contributed by atoms with Gasteiger partial charge in [-0.2, -0.15) is 5.10 Å². The van der Waals surface area contributed by atoms with E-state index in [9.17, 15) is 4.79 Å². The highest BCUT2D eigenvalue weighted by Gasteiger charge is 1.90. The second-order valence-electron chi connectivity index (χ2n) is 2.28. The predicted molar refractivity (Wildman–Crippen MR) is 49.8 cm³/mol. The van der Waals surface area contributed by atoms with Gasteiger partial charge in [-0.25, -0.2) is 5.43 Å². The molecule has 0 aliphatic carbocycles. The van der Waals surface area contributed by atoms with Crippen molar-refractivity contribution in [1.29, 1.82) is 0 Å². The Morgan fingerprint density at radius 2 is 2.38 bits per heavy atom. The molecule has 1 aromatic rings. The summed E-state index contributed by atoms with van der Waals surface area (Å²) in [7, 11) is 1.60. The molecule has 4 nitrogen and oxygen atoms in total. The SMILES string of the molecule is COc1cccc(/C=N\NC=O)c1. The van der Waals surface area contributed by atoms with Crippen LogP contribution in [0.2, 0.25) is 0 Å². The Morgan fingerprint density at radius 1 is 1.54 bits per heavy atom. The summed E-state index contributed by atoms with van der Waals surface area (Å²) in [6.45, 7) is 0. The van der Waals surface area contributed by atoms with Crippen molar-refractivity contribution in [2.75, 3.05) is 7.11 Å². The second-order valence-corrected chi connectivity index (χ2v) is 2.28. The Labute approximate surface area is 76.2 Å². The highest BCUT2D eigenvalue weighted by atomic mass is 16.5. The molecule has 13 heavy (non-hydrogen) atoms. The fourth-order valence-electron chi connectivity index (χ4n) is 0.864. The zero-order chi connectivity index (χ0) is 9.52. The minimum atomic E-state index is 0.511. The van der Waals surface area contributed by atoms with E-state index in [1.54, 1.807) is 7.11 Å². The number of ether oxygens (including phenoxy) is 1. The van der Waals surface area contributed by atoms with Gasteiger partial charge in [0, 0.05) is 0 Å². The molecule has 0 aliphatic heterocycles. The van der Waals surface area contributed by atoms with E-state index in [2.05, 4.69) is 10.5 Å². The van der Waals surface area contributed by atoms with Crippen molar-refractivity contribution >= 4 is 12.6 Å². The van der Waals surface area contributed by atoms with Gasteiger partial charge in [-0.1, -0.05) is 12.1 Å². The lowest BCUT2D eigenvalue weighted by Gasteiger charge is -1.98. The van der Waals surface area contributed by atoms with Crippen LogP contribution in [0.4, 0.5) is 0 Å². The lowest BCUT2D eigenvalue weighted by atomic mass is 10.2. The summed E-state index contributed by atoms with van der Waals surface area (Å²) >= 11 is 0. The molecule has 0 saturated carbocycles. The fourth-order valence-corrected chi connectivity index (χ4v) is 0.864. The van der Waals surface area contributed by atoms with Crippen molar-refractivity contribution in [3.63, 3.8) is 0 Å². The Kier molecular flexibility index (Phi) is 3.50. The summed E-state index contributed by atoms with van der Waals surface area (Å²) in [6, 6.07) is 7.36. The minimum absolute atomic E-state index is 0.511. The zero-order valence-electron chi connectivity index (χ0n) is 7.23. The highest BCUT2D eigenvalue weighted by molar-refractivity contribution is 5.80. The molecule has 0 heterocycles. The van der Waals surface area contributed by atoms with E-state index in [1.165, 1.54) is 6.21 Å². The molecule has 1 aromatic carbocycles. The zero-order valence-corrected chi connectivity index (χ0v) is 7.23. The number of rotatable bonds is 4. The van der Waals surface area contributed by atoms with Gasteiger partial charge in [-0.3, -0.25) is 4.79 Å². The number of carbonyl (C=O) groups excluding carboxylic acids is 1. The number of hydrazone groups is 1. The van der Waals surface area contributed by atoms with Crippen molar-refractivity contribution in [1.82, 2.24) is 5.43 Å². The van der Waals surface area contributed by atoms with Crippen LogP contribution >= 0.6 is 0 Å². The molecule has 0 aromatic heterocycles. The van der Waals surface area contributed by atoms with Crippen molar-refractivity contribution in [3.05, 3.63) is 29.8 Å². The van der Waals surface area contributed by atoms with Gasteiger partial charge in [0.25, 0.3) is 0 Å². The Balaban J connectivity index is 2.71. The third-order valence-corrected chi connectivity index (χ3v) is 1.43. The number of hydrogen-bond acceptors (Lipinski definition) is 3. The van der Waals surface area contributed by atoms with Gasteiger partial charge in [0.2, 0.25) is 6.41 Å². The van der Waals surface area contributed by atoms with Gasteiger partial charge in [-0.05, 0) is 17.7 Å². The summed E-state index contributed by atoms with van der Waals surface area (Å²) in [6.07, 6.45) is 2.05. The first-order chi connectivity index (χ1) is 6.36. The first-order valence-corrected chi connectivity index (χ1v) is 3.73. The largest absolute Gasteiger partial charge is 0.497 e. The maximum absolute atomic E-state index is 9.87. The number of amides is 1. The monoisotopic (exact) mass is 178 g/mol. The number of methoxy groups -OCH3 is 1. The van der Waals surface area contributed by atoms with Gasteiger partial charge in [0.15, 0.2) is 0 Å². The van der Waals surface area contributed by atoms with Crippen LogP contribution in [-0.2, 0) is 4.79 Å². The van der Waals surface area contributed by atoms with Crippen molar-refractivity contribution in [3.8, 4) is 5.75 Å². The Hall–Kier alpha value is -1.84. The third-order valence-electron chi connectivity index (χ3n) is 1.43. The Bertz CT molecular complexity index is 310. The van der Waals surface area contributed by atoms with Crippen LogP contribution in [0.3, 0.4) is 0 Å². The van der Waals surface area contributed by atoms with Gasteiger partial charge < -0.3 is 4.74 Å². The normalized spacial score (nSPS) is 9.92. The van der Waals surface area contributed by atoms with E-state index in [1.807, 2.05) is 24.3 Å². The van der Waals surface area contributed by atoms with Crippen LogP contribution in [0, 0.1) is 0 Å². The second kappa shape index (κ2) is 4.92. The number of benzene rings is 1. The quantitative estimate of drug-likeness (QED) is 0.420. The average Bonchev–Trinajstić information content (AvgIpc) is 2.19. The first kappa shape index (κ1) is 9.25. The molecule has 1 amide bonds. The standard InChI is InChI=1S/C9H10N2O2/c1-13-9-4-2-3-8(5-9)6-10-11-7-12/h2-7H,1H3,(H,11,12)/b10-6-. The van der Waals surface area contributed by atoms with Gasteiger partial charge in [-0.15, -0.1) is 0 Å². The smallest absolute Gasteiger partial charge is 0.227 e. The fraction of sp³-hybridized carbons (Fsp3) is 0.111. The molecule has 1 N–H and O–H groups in total. The molecule has 0 fully saturated rings. The molecule has 1 rings (SSSR count). The van der Waals surface area contributed by atoms with E-state index in [4.69, 9.17) is 4.74 Å². The number of hydrogen-bond donors (Lipinski definition) is 1. The van der Waals surface area contributed by atoms with Crippen molar-refractivity contribution in [2.24, 2.45) is 5.10 Å². The average molecular weight is 178 g/mol. The van der Waals surface area contributed by atoms with Crippen molar-refractivity contribution in [2.45, 2.75) is 0 Å². The maximum atomic E-state index is 9.87. The van der Waals surface area contributed by atoms with Gasteiger partial charge in [0.1, 0.15) is 5.75 Å². The molecule has 0 atom stereocenters. The van der Waals surface area contributed by atoms with Crippen LogP contribution in [0.25, 0.3) is 0 Å². The molecule has 0 spiro atoms. The van der Waals surface area contributed by atoms with E-state index >= 15 is 0 Å². The molecule has 0 aliphatic rings. The summed E-state index contributed by atoms with van der Waals surface area (Å²) < 4.78 is 5.01. The molecule has 0 unspecified atom stereocenters. The van der Waals surface area contributed by atoms with E-state index in [0.29, 0.717) is 6.41 Å². The summed E-state index contributed by atoms with van der Waals surface area (Å²) in [5.41, 5.74) is 3.05. The predicted octanol–water partition coefficient (Wildman–Crippen LogP) is 0.775. The molecular formula is C9H10N2O2. The van der Waals surface area contributed by atoms with E-state index in [0.717, 1.165) is 11.3 Å². The lowest BCUT2D eigenvalue weighted by molar-refractivity contribution is -0.109. The Morgan fingerprint density at radius 3 is 3.08 bits per heavy atom. The van der Waals surface area contributed by atoms with Crippen LogP contribution in [0.15, 0.2) is 29.4 Å². The summed E-state index contributed by atoms with van der Waals surface area (Å²) in [5.74, 6) is 0.759. The number of nitrogens with zero attached hydrogens (tertiary/aromatic N) is 1. The maximum Gasteiger partial charge on any atom is 0.227 e. The van der Waals surface area contributed by atoms with E-state index in [-0.39, 0.29) is 0 Å². The van der Waals surface area contributed by atoms with Gasteiger partial charge in [0.05, 0.1) is 13.3 Å². The molecule has 0 radical (unpaired) electrons. The van der Waals surface area contributed by atoms with E-state index < -0.39 is 0 Å². The lowest BCUT2D eigenvalue weighted by Crippen LogP contribution is -2.00. The summed E-state index contributed by atoms with van der Waals surface area (Å²) in [5, 5.41) is 3.64. The third kappa shape index (κ3) is 2.94. The summed E-state index contributed by atoms with van der Waals surface area (Å²) in [4.78, 5) is 9.87. The first-order valence-electron chi connectivity index (χ1n) is 3.73. The van der Waals surface area contributed by atoms with Crippen LogP contribution in [0.5, 0.6) is 5.75 Å². The molecule has 0 saturated heterocycles. The minimum Gasteiger partial charge on any atom is -0.497 e. The molecular weight excluding hydrogens is 168 g/mol. The molecule has 68 valence electrons. The van der Waals surface area contributed by atoms with Crippen LogP contribution < -0.4 is 10.2 Å². The number of nitrogens with one attached hydrogen (secondary N) is 1. The van der Waals surface area contributed by atoms with Gasteiger partial charge >= 0.3 is 0 Å². The highest BCUT2D eigenvalue weighted by Crippen LogP contribution is 2.10. The molecule has 4 heteroatoms. The topological polar surface area (TPSA) is 50.7 Å².